The lowest BCUT2D eigenvalue weighted by Crippen LogP contribution is -2.14. The molecule has 1 N–H and O–H groups in total. The molecule has 116 valence electrons. The Morgan fingerprint density at radius 2 is 2.00 bits per heavy atom. The zero-order chi connectivity index (χ0) is 16.2. The Bertz CT molecular complexity index is 749. The Morgan fingerprint density at radius 1 is 1.22 bits per heavy atom. The minimum atomic E-state index is 0.0708. The predicted octanol–water partition coefficient (Wildman–Crippen LogP) is 4.12. The number of carbonyl (C=O) groups is 1. The van der Waals surface area contributed by atoms with E-state index in [9.17, 15) is 4.79 Å². The number of hydrogen-bond acceptors (Lipinski definition) is 2. The van der Waals surface area contributed by atoms with E-state index < -0.39 is 0 Å². The molecule has 2 aromatic rings. The number of carbonyl (C=O) groups excluding carboxylic acids is 1. The van der Waals surface area contributed by atoms with Crippen LogP contribution in [-0.4, -0.2) is 19.2 Å². The Hall–Kier alpha value is -2.68. The van der Waals surface area contributed by atoms with Crippen molar-refractivity contribution in [2.24, 2.45) is 10.9 Å². The molecule has 0 aromatic heterocycles. The van der Waals surface area contributed by atoms with Crippen molar-refractivity contribution in [1.82, 2.24) is 0 Å². The summed E-state index contributed by atoms with van der Waals surface area (Å²) in [7, 11) is 1.74. The van der Waals surface area contributed by atoms with E-state index in [1.54, 1.807) is 19.3 Å². The van der Waals surface area contributed by atoms with Gasteiger partial charge in [-0.05, 0) is 41.2 Å². The summed E-state index contributed by atoms with van der Waals surface area (Å²) >= 11 is 0. The molecule has 1 saturated carbocycles. The van der Waals surface area contributed by atoms with Crippen molar-refractivity contribution in [3.05, 3.63) is 71.8 Å². The van der Waals surface area contributed by atoms with Gasteiger partial charge in [0, 0.05) is 24.9 Å². The lowest BCUT2D eigenvalue weighted by atomic mass is 10.1. The van der Waals surface area contributed by atoms with Crippen LogP contribution in [0.3, 0.4) is 0 Å². The average Bonchev–Trinajstić information content (AvgIpc) is 3.38. The summed E-state index contributed by atoms with van der Waals surface area (Å²) in [6.45, 7) is 3.82. The summed E-state index contributed by atoms with van der Waals surface area (Å²) in [4.78, 5) is 16.4. The third-order valence-electron chi connectivity index (χ3n) is 4.20. The quantitative estimate of drug-likeness (QED) is 0.829. The lowest BCUT2D eigenvalue weighted by molar-refractivity contribution is -0.117. The van der Waals surface area contributed by atoms with Gasteiger partial charge in [0.2, 0.25) is 5.91 Å². The van der Waals surface area contributed by atoms with Crippen molar-refractivity contribution in [2.45, 2.75) is 12.3 Å². The highest BCUT2D eigenvalue weighted by Crippen LogP contribution is 2.47. The first kappa shape index (κ1) is 15.2. The van der Waals surface area contributed by atoms with Gasteiger partial charge < -0.3 is 5.32 Å². The van der Waals surface area contributed by atoms with Crippen LogP contribution in [0.2, 0.25) is 0 Å². The van der Waals surface area contributed by atoms with E-state index in [1.165, 1.54) is 5.56 Å². The molecule has 2 aromatic carbocycles. The Labute approximate surface area is 136 Å². The summed E-state index contributed by atoms with van der Waals surface area (Å²) < 4.78 is 0. The van der Waals surface area contributed by atoms with Crippen LogP contribution >= 0.6 is 0 Å². The number of nitrogens with zero attached hydrogens (tertiary/aromatic N) is 1. The van der Waals surface area contributed by atoms with Gasteiger partial charge in [0.1, 0.15) is 0 Å². The maximum atomic E-state index is 12.4. The monoisotopic (exact) mass is 304 g/mol. The molecule has 2 unspecified atom stereocenters. The number of anilines is 1. The summed E-state index contributed by atoms with van der Waals surface area (Å²) in [6.07, 6.45) is 4.48. The van der Waals surface area contributed by atoms with Crippen LogP contribution in [0.4, 0.5) is 5.69 Å². The van der Waals surface area contributed by atoms with Crippen molar-refractivity contribution in [2.75, 3.05) is 12.4 Å². The fourth-order valence-corrected chi connectivity index (χ4v) is 2.87. The highest BCUT2D eigenvalue weighted by atomic mass is 16.2. The third-order valence-corrected chi connectivity index (χ3v) is 4.20. The standard InChI is InChI=1S/C20H20N2O/c1-3-14-11-17(10-9-16(14)13-21-2)22-20(23)19-12-18(19)15-7-5-4-6-8-15/h3-11,13,18-19H,1,12H2,2H3,(H,22,23). The van der Waals surface area contributed by atoms with Crippen LogP contribution in [0.5, 0.6) is 0 Å². The third kappa shape index (κ3) is 3.39. The van der Waals surface area contributed by atoms with Crippen LogP contribution in [0.1, 0.15) is 29.0 Å². The Balaban J connectivity index is 1.68. The minimum absolute atomic E-state index is 0.0708. The zero-order valence-electron chi connectivity index (χ0n) is 13.2. The summed E-state index contributed by atoms with van der Waals surface area (Å²) in [6, 6.07) is 16.0. The molecule has 3 nitrogen and oxygen atoms in total. The molecule has 23 heavy (non-hydrogen) atoms. The molecule has 0 saturated heterocycles. The maximum absolute atomic E-state index is 12.4. The van der Waals surface area contributed by atoms with Gasteiger partial charge in [-0.25, -0.2) is 0 Å². The molecule has 1 amide bonds. The van der Waals surface area contributed by atoms with Gasteiger partial charge in [-0.3, -0.25) is 9.79 Å². The molecule has 0 radical (unpaired) electrons. The van der Waals surface area contributed by atoms with E-state index in [0.717, 1.165) is 23.2 Å². The fraction of sp³-hybridized carbons (Fsp3) is 0.200. The van der Waals surface area contributed by atoms with Crippen LogP contribution in [0, 0.1) is 5.92 Å². The number of hydrogen-bond donors (Lipinski definition) is 1. The van der Waals surface area contributed by atoms with Gasteiger partial charge >= 0.3 is 0 Å². The molecule has 1 aliphatic rings. The largest absolute Gasteiger partial charge is 0.326 e. The van der Waals surface area contributed by atoms with Crippen molar-refractivity contribution in [1.29, 1.82) is 0 Å². The summed E-state index contributed by atoms with van der Waals surface area (Å²) in [5, 5.41) is 3.02. The van der Waals surface area contributed by atoms with Crippen LogP contribution in [0.25, 0.3) is 6.08 Å². The van der Waals surface area contributed by atoms with Crippen molar-refractivity contribution >= 4 is 23.9 Å². The first-order chi connectivity index (χ1) is 11.2. The lowest BCUT2D eigenvalue weighted by Gasteiger charge is -2.08. The van der Waals surface area contributed by atoms with Gasteiger partial charge in [-0.2, -0.15) is 0 Å². The van der Waals surface area contributed by atoms with E-state index in [0.29, 0.717) is 5.92 Å². The molecule has 2 atom stereocenters. The topological polar surface area (TPSA) is 41.5 Å². The maximum Gasteiger partial charge on any atom is 0.228 e. The van der Waals surface area contributed by atoms with E-state index in [1.807, 2.05) is 36.4 Å². The van der Waals surface area contributed by atoms with Crippen molar-refractivity contribution in [3.8, 4) is 0 Å². The van der Waals surface area contributed by atoms with Crippen LogP contribution < -0.4 is 5.32 Å². The van der Waals surface area contributed by atoms with Crippen LogP contribution in [0.15, 0.2) is 60.1 Å². The molecule has 0 heterocycles. The highest BCUT2D eigenvalue weighted by molar-refractivity contribution is 5.96. The van der Waals surface area contributed by atoms with E-state index in [4.69, 9.17) is 0 Å². The molecule has 0 spiro atoms. The molecule has 0 aliphatic heterocycles. The Morgan fingerprint density at radius 3 is 2.70 bits per heavy atom. The smallest absolute Gasteiger partial charge is 0.228 e. The molecule has 0 bridgehead atoms. The normalized spacial score (nSPS) is 19.5. The Kier molecular flexibility index (Phi) is 4.38. The zero-order valence-corrected chi connectivity index (χ0v) is 13.2. The fourth-order valence-electron chi connectivity index (χ4n) is 2.87. The predicted molar refractivity (Wildman–Crippen MR) is 96.0 cm³/mol. The molecular formula is C20H20N2O. The van der Waals surface area contributed by atoms with Crippen molar-refractivity contribution < 1.29 is 4.79 Å². The first-order valence-corrected chi connectivity index (χ1v) is 7.77. The average molecular weight is 304 g/mol. The van der Waals surface area contributed by atoms with Crippen LogP contribution in [-0.2, 0) is 4.79 Å². The highest BCUT2D eigenvalue weighted by Gasteiger charge is 2.43. The van der Waals surface area contributed by atoms with E-state index >= 15 is 0 Å². The SMILES string of the molecule is C=Cc1cc(NC(=O)C2CC2c2ccccc2)ccc1C=NC. The van der Waals surface area contributed by atoms with Gasteiger partial charge in [0.15, 0.2) is 0 Å². The summed E-state index contributed by atoms with van der Waals surface area (Å²) in [5.74, 6) is 0.508. The van der Waals surface area contributed by atoms with Gasteiger partial charge in [-0.15, -0.1) is 0 Å². The number of amides is 1. The van der Waals surface area contributed by atoms with Crippen molar-refractivity contribution in [3.63, 3.8) is 0 Å². The van der Waals surface area contributed by atoms with Gasteiger partial charge in [0.25, 0.3) is 0 Å². The first-order valence-electron chi connectivity index (χ1n) is 7.77. The molecule has 3 rings (SSSR count). The van der Waals surface area contributed by atoms with E-state index in [-0.39, 0.29) is 11.8 Å². The second kappa shape index (κ2) is 6.61. The summed E-state index contributed by atoms with van der Waals surface area (Å²) in [5.41, 5.74) is 4.00. The molecule has 1 aliphatic carbocycles. The second-order valence-corrected chi connectivity index (χ2v) is 5.78. The number of rotatable bonds is 5. The number of nitrogens with one attached hydrogen (secondary N) is 1. The van der Waals surface area contributed by atoms with E-state index in [2.05, 4.69) is 29.0 Å². The number of aliphatic imine (C=N–C) groups is 1. The van der Waals surface area contributed by atoms with Gasteiger partial charge in [0.05, 0.1) is 0 Å². The second-order valence-electron chi connectivity index (χ2n) is 5.78. The van der Waals surface area contributed by atoms with Gasteiger partial charge in [-0.1, -0.05) is 49.1 Å². The molecule has 1 fully saturated rings. The minimum Gasteiger partial charge on any atom is -0.326 e. The molecule has 3 heteroatoms. The number of benzene rings is 2. The molecular weight excluding hydrogens is 284 g/mol.